The van der Waals surface area contributed by atoms with Gasteiger partial charge in [0.25, 0.3) is 0 Å². The van der Waals surface area contributed by atoms with E-state index in [1.165, 1.54) is 12.5 Å². The maximum Gasteiger partial charge on any atom is 0.326 e. The van der Waals surface area contributed by atoms with E-state index in [0.717, 1.165) is 10.9 Å². The number of aliphatic hydroxyl groups is 1. The van der Waals surface area contributed by atoms with Gasteiger partial charge >= 0.3 is 5.97 Å². The predicted octanol–water partition coefficient (Wildman–Crippen LogP) is -0.222. The molecule has 9 N–H and O–H groups in total. The van der Waals surface area contributed by atoms with Crippen LogP contribution >= 0.6 is 0 Å². The number of aromatic nitrogens is 3. The Hall–Kier alpha value is -5.01. The van der Waals surface area contributed by atoms with Gasteiger partial charge in [-0.3, -0.25) is 14.4 Å². The van der Waals surface area contributed by atoms with E-state index < -0.39 is 54.5 Å². The van der Waals surface area contributed by atoms with Crippen LogP contribution in [0.15, 0.2) is 73.3 Å². The third-order valence-corrected chi connectivity index (χ3v) is 6.78. The highest BCUT2D eigenvalue weighted by molar-refractivity contribution is 5.95. The van der Waals surface area contributed by atoms with Gasteiger partial charge in [0.05, 0.1) is 19.0 Å². The van der Waals surface area contributed by atoms with Crippen LogP contribution in [0, 0.1) is 0 Å². The molecule has 2 heterocycles. The molecular formula is C29H33N7O6. The largest absolute Gasteiger partial charge is 0.480 e. The molecule has 0 radical (unpaired) electrons. The van der Waals surface area contributed by atoms with E-state index in [1.807, 2.05) is 24.3 Å². The number of aliphatic carboxylic acids is 1. The smallest absolute Gasteiger partial charge is 0.326 e. The van der Waals surface area contributed by atoms with Gasteiger partial charge in [-0.1, -0.05) is 48.5 Å². The molecule has 0 aliphatic carbocycles. The summed E-state index contributed by atoms with van der Waals surface area (Å²) in [5.74, 6) is -3.51. The van der Waals surface area contributed by atoms with Crippen LogP contribution in [0.4, 0.5) is 0 Å². The average molecular weight is 576 g/mol. The lowest BCUT2D eigenvalue weighted by molar-refractivity contribution is -0.142. The number of carboxylic acids is 1. The number of carbonyl (C=O) groups excluding carboxylic acids is 3. The molecule has 13 nitrogen and oxygen atoms in total. The van der Waals surface area contributed by atoms with Crippen LogP contribution in [0.5, 0.6) is 0 Å². The van der Waals surface area contributed by atoms with E-state index >= 15 is 0 Å². The Morgan fingerprint density at radius 2 is 1.48 bits per heavy atom. The lowest BCUT2D eigenvalue weighted by Crippen LogP contribution is -2.58. The number of H-pyrrole nitrogens is 2. The molecule has 4 aromatic rings. The number of nitrogens with two attached hydrogens (primary N) is 1. The van der Waals surface area contributed by atoms with E-state index in [4.69, 9.17) is 5.73 Å². The Morgan fingerprint density at radius 3 is 2.17 bits per heavy atom. The zero-order chi connectivity index (χ0) is 30.1. The summed E-state index contributed by atoms with van der Waals surface area (Å²) in [4.78, 5) is 61.2. The number of para-hydroxylation sites is 1. The molecule has 3 amide bonds. The van der Waals surface area contributed by atoms with Crippen molar-refractivity contribution < 1.29 is 29.4 Å². The van der Waals surface area contributed by atoms with Crippen molar-refractivity contribution in [2.75, 3.05) is 6.61 Å². The van der Waals surface area contributed by atoms with Crippen LogP contribution in [0.2, 0.25) is 0 Å². The molecule has 42 heavy (non-hydrogen) atoms. The molecule has 0 aliphatic heterocycles. The maximum absolute atomic E-state index is 13.5. The van der Waals surface area contributed by atoms with Gasteiger partial charge in [0.15, 0.2) is 0 Å². The molecule has 0 fully saturated rings. The first kappa shape index (κ1) is 30.0. The highest BCUT2D eigenvalue weighted by atomic mass is 16.4. The van der Waals surface area contributed by atoms with Crippen LogP contribution in [0.1, 0.15) is 16.8 Å². The highest BCUT2D eigenvalue weighted by Gasteiger charge is 2.31. The Bertz CT molecular complexity index is 1510. The van der Waals surface area contributed by atoms with Crippen molar-refractivity contribution in [3.8, 4) is 0 Å². The van der Waals surface area contributed by atoms with Gasteiger partial charge < -0.3 is 41.9 Å². The fourth-order valence-electron chi connectivity index (χ4n) is 4.52. The molecule has 0 spiro atoms. The highest BCUT2D eigenvalue weighted by Crippen LogP contribution is 2.19. The third kappa shape index (κ3) is 7.80. The number of fused-ring (bicyclic) bond motifs is 1. The number of nitrogens with zero attached hydrogens (tertiary/aromatic N) is 1. The van der Waals surface area contributed by atoms with Crippen molar-refractivity contribution in [2.45, 2.75) is 43.4 Å². The number of rotatable bonds is 14. The zero-order valence-corrected chi connectivity index (χ0v) is 22.6. The summed E-state index contributed by atoms with van der Waals surface area (Å²) in [6.07, 6.45) is 4.81. The summed E-state index contributed by atoms with van der Waals surface area (Å²) in [5, 5.41) is 28.0. The number of amides is 3. The first-order valence-corrected chi connectivity index (χ1v) is 13.3. The monoisotopic (exact) mass is 575 g/mol. The fraction of sp³-hybridized carbons (Fsp3) is 0.276. The fourth-order valence-corrected chi connectivity index (χ4v) is 4.52. The molecule has 2 aromatic carbocycles. The van der Waals surface area contributed by atoms with Crippen molar-refractivity contribution in [1.82, 2.24) is 30.9 Å². The molecule has 0 saturated carbocycles. The van der Waals surface area contributed by atoms with Crippen molar-refractivity contribution in [3.63, 3.8) is 0 Å². The van der Waals surface area contributed by atoms with Crippen LogP contribution < -0.4 is 21.7 Å². The van der Waals surface area contributed by atoms with Gasteiger partial charge in [-0.15, -0.1) is 0 Å². The number of hydrogen-bond acceptors (Lipinski definition) is 7. The average Bonchev–Trinajstić information content (AvgIpc) is 3.65. The van der Waals surface area contributed by atoms with Crippen molar-refractivity contribution in [3.05, 3.63) is 90.1 Å². The Balaban J connectivity index is 1.50. The first-order chi connectivity index (χ1) is 20.2. The van der Waals surface area contributed by atoms with Crippen molar-refractivity contribution >= 4 is 34.6 Å². The summed E-state index contributed by atoms with van der Waals surface area (Å²) in [6, 6.07) is 11.3. The van der Waals surface area contributed by atoms with E-state index in [-0.39, 0.29) is 19.3 Å². The second-order valence-electron chi connectivity index (χ2n) is 9.85. The first-order valence-electron chi connectivity index (χ1n) is 13.3. The second-order valence-corrected chi connectivity index (χ2v) is 9.85. The lowest BCUT2D eigenvalue weighted by Gasteiger charge is -2.24. The van der Waals surface area contributed by atoms with E-state index in [1.54, 1.807) is 36.5 Å². The molecule has 0 bridgehead atoms. The van der Waals surface area contributed by atoms with Gasteiger partial charge in [-0.25, -0.2) is 9.78 Å². The molecule has 13 heteroatoms. The topological polar surface area (TPSA) is 215 Å². The molecule has 4 rings (SSSR count). The summed E-state index contributed by atoms with van der Waals surface area (Å²) in [5.41, 5.74) is 8.79. The third-order valence-electron chi connectivity index (χ3n) is 6.78. The van der Waals surface area contributed by atoms with E-state index in [9.17, 15) is 29.4 Å². The number of hydrogen-bond donors (Lipinski definition) is 8. The second kappa shape index (κ2) is 14.1. The Labute approximate surface area is 240 Å². The van der Waals surface area contributed by atoms with Gasteiger partial charge in [-0.2, -0.15) is 0 Å². The van der Waals surface area contributed by atoms with E-state index in [0.29, 0.717) is 16.8 Å². The minimum absolute atomic E-state index is 0.00466. The van der Waals surface area contributed by atoms with Crippen molar-refractivity contribution in [1.29, 1.82) is 0 Å². The van der Waals surface area contributed by atoms with Crippen LogP contribution in [0.25, 0.3) is 10.9 Å². The molecule has 0 saturated heterocycles. The molecular weight excluding hydrogens is 542 g/mol. The van der Waals surface area contributed by atoms with Gasteiger partial charge in [0, 0.05) is 48.3 Å². The van der Waals surface area contributed by atoms with Crippen LogP contribution in [0.3, 0.4) is 0 Å². The standard InChI is InChI=1S/C29H33N7O6/c30-21(12-19-14-31-16-33-19)26(38)36-25(15-37)28(40)34-23(11-18-13-32-22-9-5-4-8-20(18)22)27(39)35-24(29(41)42)10-17-6-2-1-3-7-17/h1-9,13-14,16,21,23-25,32,37H,10-12,15,30H2,(H,31,33)(H,34,40)(H,35,39)(H,36,38)(H,41,42). The summed E-state index contributed by atoms with van der Waals surface area (Å²) < 4.78 is 0. The number of aromatic amines is 2. The predicted molar refractivity (Wildman–Crippen MR) is 153 cm³/mol. The molecule has 0 aliphatic rings. The number of imidazole rings is 1. The number of nitrogens with one attached hydrogen (secondary N) is 5. The van der Waals surface area contributed by atoms with Gasteiger partial charge in [-0.05, 0) is 17.2 Å². The molecule has 4 atom stereocenters. The number of carboxylic acid groups (broad SMARTS) is 1. The number of carbonyl (C=O) groups is 4. The summed E-state index contributed by atoms with van der Waals surface area (Å²) in [7, 11) is 0. The van der Waals surface area contributed by atoms with Gasteiger partial charge in [0.2, 0.25) is 17.7 Å². The number of aliphatic hydroxyl groups excluding tert-OH is 1. The lowest BCUT2D eigenvalue weighted by atomic mass is 10.0. The van der Waals surface area contributed by atoms with Crippen molar-refractivity contribution in [2.24, 2.45) is 5.73 Å². The molecule has 220 valence electrons. The zero-order valence-electron chi connectivity index (χ0n) is 22.6. The van der Waals surface area contributed by atoms with Gasteiger partial charge in [0.1, 0.15) is 18.1 Å². The normalized spacial score (nSPS) is 14.0. The van der Waals surface area contributed by atoms with E-state index in [2.05, 4.69) is 30.9 Å². The summed E-state index contributed by atoms with van der Waals surface area (Å²) in [6.45, 7) is -0.762. The molecule has 4 unspecified atom stereocenters. The minimum atomic E-state index is -1.41. The Kier molecular flexibility index (Phi) is 10.0. The van der Waals surface area contributed by atoms with Crippen LogP contribution in [-0.2, 0) is 38.4 Å². The quantitative estimate of drug-likeness (QED) is 0.100. The number of benzene rings is 2. The SMILES string of the molecule is NC(Cc1cnc[nH]1)C(=O)NC(CO)C(=O)NC(Cc1c[nH]c2ccccc12)C(=O)NC(Cc1ccccc1)C(=O)O. The van der Waals surface area contributed by atoms with Crippen LogP contribution in [-0.4, -0.2) is 79.6 Å². The molecule has 2 aromatic heterocycles. The maximum atomic E-state index is 13.5. The minimum Gasteiger partial charge on any atom is -0.480 e. The summed E-state index contributed by atoms with van der Waals surface area (Å²) >= 11 is 0. The Morgan fingerprint density at radius 1 is 0.810 bits per heavy atom.